The molecular formula is C16H20N2O3. The largest absolute Gasteiger partial charge is 0.422 e. The summed E-state index contributed by atoms with van der Waals surface area (Å²) in [5, 5.41) is 0.713. The lowest BCUT2D eigenvalue weighted by atomic mass is 10.1. The van der Waals surface area contributed by atoms with Crippen molar-refractivity contribution >= 4 is 22.7 Å². The van der Waals surface area contributed by atoms with E-state index in [1.807, 2.05) is 19.1 Å². The lowest BCUT2D eigenvalue weighted by molar-refractivity contribution is 0.145. The Bertz CT molecular complexity index is 704. The maximum atomic E-state index is 12.0. The minimum absolute atomic E-state index is 0.308. The molecule has 5 heteroatoms. The smallest absolute Gasteiger partial charge is 0.345 e. The molecule has 5 nitrogen and oxygen atoms in total. The van der Waals surface area contributed by atoms with E-state index in [2.05, 4.69) is 0 Å². The molecule has 0 aliphatic rings. The maximum Gasteiger partial charge on any atom is 0.345 e. The number of para-hydroxylation sites is 1. The van der Waals surface area contributed by atoms with Crippen molar-refractivity contribution in [3.05, 3.63) is 45.9 Å². The lowest BCUT2D eigenvalue weighted by Crippen LogP contribution is -2.10. The van der Waals surface area contributed by atoms with Gasteiger partial charge < -0.3 is 20.6 Å². The van der Waals surface area contributed by atoms with Crippen LogP contribution in [0.4, 0.5) is 5.69 Å². The van der Waals surface area contributed by atoms with E-state index in [1.165, 1.54) is 0 Å². The summed E-state index contributed by atoms with van der Waals surface area (Å²) in [6, 6.07) is 7.17. The number of rotatable bonds is 6. The molecule has 0 fully saturated rings. The van der Waals surface area contributed by atoms with Crippen LogP contribution in [0, 0.1) is 0 Å². The number of hydrogen-bond donors (Lipinski definition) is 2. The van der Waals surface area contributed by atoms with Gasteiger partial charge in [0.05, 0.1) is 11.3 Å². The van der Waals surface area contributed by atoms with Crippen molar-refractivity contribution in [1.82, 2.24) is 0 Å². The van der Waals surface area contributed by atoms with Crippen LogP contribution in [0.15, 0.2) is 39.2 Å². The maximum absolute atomic E-state index is 12.0. The van der Waals surface area contributed by atoms with Crippen molar-refractivity contribution in [3.8, 4) is 0 Å². The molecule has 0 radical (unpaired) electrons. The van der Waals surface area contributed by atoms with Crippen LogP contribution in [0.3, 0.4) is 0 Å². The molecule has 1 aromatic carbocycles. The summed E-state index contributed by atoms with van der Waals surface area (Å²) >= 11 is 0. The third-order valence-corrected chi connectivity index (χ3v) is 3.18. The molecule has 112 valence electrons. The number of nitrogens with two attached hydrogens (primary N) is 2. The van der Waals surface area contributed by atoms with Gasteiger partial charge >= 0.3 is 5.63 Å². The van der Waals surface area contributed by atoms with Crippen LogP contribution in [0.25, 0.3) is 17.0 Å². The van der Waals surface area contributed by atoms with E-state index in [-0.39, 0.29) is 0 Å². The van der Waals surface area contributed by atoms with E-state index in [0.29, 0.717) is 47.6 Å². The molecule has 1 heterocycles. The summed E-state index contributed by atoms with van der Waals surface area (Å²) in [6.45, 7) is 3.28. The zero-order valence-corrected chi connectivity index (χ0v) is 12.1. The van der Waals surface area contributed by atoms with E-state index < -0.39 is 5.63 Å². The van der Waals surface area contributed by atoms with Crippen LogP contribution in [0.1, 0.15) is 25.3 Å². The van der Waals surface area contributed by atoms with Crippen molar-refractivity contribution in [2.75, 3.05) is 18.9 Å². The topological polar surface area (TPSA) is 91.5 Å². The molecule has 0 amide bonds. The third-order valence-electron chi connectivity index (χ3n) is 3.18. The summed E-state index contributed by atoms with van der Waals surface area (Å²) < 4.78 is 10.5. The average molecular weight is 288 g/mol. The molecule has 0 spiro atoms. The zero-order valence-electron chi connectivity index (χ0n) is 12.1. The third kappa shape index (κ3) is 3.64. The van der Waals surface area contributed by atoms with Crippen LogP contribution < -0.4 is 17.1 Å². The van der Waals surface area contributed by atoms with Gasteiger partial charge in [0.25, 0.3) is 0 Å². The van der Waals surface area contributed by atoms with Gasteiger partial charge in [-0.25, -0.2) is 4.79 Å². The molecule has 0 saturated carbocycles. The van der Waals surface area contributed by atoms with Gasteiger partial charge in [0.2, 0.25) is 0 Å². The number of ether oxygens (including phenoxy) is 1. The van der Waals surface area contributed by atoms with Gasteiger partial charge in [-0.05, 0) is 38.0 Å². The highest BCUT2D eigenvalue weighted by atomic mass is 16.5. The van der Waals surface area contributed by atoms with Gasteiger partial charge in [0.15, 0.2) is 0 Å². The van der Waals surface area contributed by atoms with Crippen molar-refractivity contribution in [2.24, 2.45) is 5.73 Å². The van der Waals surface area contributed by atoms with Gasteiger partial charge in [-0.15, -0.1) is 0 Å². The van der Waals surface area contributed by atoms with Gasteiger partial charge in [-0.2, -0.15) is 0 Å². The molecule has 0 aliphatic heterocycles. The van der Waals surface area contributed by atoms with Crippen molar-refractivity contribution in [2.45, 2.75) is 19.8 Å². The highest BCUT2D eigenvalue weighted by Crippen LogP contribution is 2.23. The highest BCUT2D eigenvalue weighted by molar-refractivity contribution is 5.92. The second-order valence-electron chi connectivity index (χ2n) is 4.73. The van der Waals surface area contributed by atoms with Gasteiger partial charge in [-0.1, -0.05) is 12.1 Å². The standard InChI is InChI=1S/C16H20N2O3/c1-2-20-9-5-6-11(17)10-13-15(18)12-7-3-4-8-14(12)21-16(13)19/h3-4,7-8,10H,2,5-6,9,17-18H2,1H3/b11-10-. The summed E-state index contributed by atoms with van der Waals surface area (Å²) in [5.41, 5.74) is 13.3. The molecule has 0 aliphatic carbocycles. The molecule has 4 N–H and O–H groups in total. The summed E-state index contributed by atoms with van der Waals surface area (Å²) in [4.78, 5) is 12.0. The molecule has 2 aromatic rings. The second-order valence-corrected chi connectivity index (χ2v) is 4.73. The number of nitrogen functional groups attached to an aromatic ring is 1. The number of anilines is 1. The Morgan fingerprint density at radius 3 is 2.90 bits per heavy atom. The highest BCUT2D eigenvalue weighted by Gasteiger charge is 2.10. The molecule has 21 heavy (non-hydrogen) atoms. The Hall–Kier alpha value is -2.27. The predicted octanol–water partition coefficient (Wildman–Crippen LogP) is 2.49. The van der Waals surface area contributed by atoms with Crippen LogP contribution in [-0.4, -0.2) is 13.2 Å². The average Bonchev–Trinajstić information content (AvgIpc) is 2.48. The van der Waals surface area contributed by atoms with Gasteiger partial charge in [0.1, 0.15) is 5.58 Å². The predicted molar refractivity (Wildman–Crippen MR) is 84.8 cm³/mol. The van der Waals surface area contributed by atoms with Crippen LogP contribution in [0.2, 0.25) is 0 Å². The Balaban J connectivity index is 2.27. The molecule has 0 unspecified atom stereocenters. The number of allylic oxidation sites excluding steroid dienone is 1. The molecule has 0 saturated heterocycles. The van der Waals surface area contributed by atoms with Crippen molar-refractivity contribution < 1.29 is 9.15 Å². The van der Waals surface area contributed by atoms with E-state index in [4.69, 9.17) is 20.6 Å². The number of fused-ring (bicyclic) bond motifs is 1. The quantitative estimate of drug-likeness (QED) is 0.629. The Morgan fingerprint density at radius 1 is 1.38 bits per heavy atom. The van der Waals surface area contributed by atoms with Crippen molar-refractivity contribution in [3.63, 3.8) is 0 Å². The normalized spacial score (nSPS) is 12.0. The second kappa shape index (κ2) is 6.95. The molecule has 0 bridgehead atoms. The fourth-order valence-electron chi connectivity index (χ4n) is 2.10. The molecular weight excluding hydrogens is 268 g/mol. The minimum atomic E-state index is -0.473. The van der Waals surface area contributed by atoms with Gasteiger partial charge in [-0.3, -0.25) is 0 Å². The number of benzene rings is 1. The van der Waals surface area contributed by atoms with Crippen molar-refractivity contribution in [1.29, 1.82) is 0 Å². The Labute approximate surface area is 123 Å². The van der Waals surface area contributed by atoms with Crippen LogP contribution in [-0.2, 0) is 4.74 Å². The SMILES string of the molecule is CCOCCC/C(N)=C/c1c(N)c2ccccc2oc1=O. The fourth-order valence-corrected chi connectivity index (χ4v) is 2.10. The monoisotopic (exact) mass is 288 g/mol. The van der Waals surface area contributed by atoms with Crippen LogP contribution in [0.5, 0.6) is 0 Å². The fraction of sp³-hybridized carbons (Fsp3) is 0.312. The first-order valence-electron chi connectivity index (χ1n) is 6.98. The minimum Gasteiger partial charge on any atom is -0.422 e. The zero-order chi connectivity index (χ0) is 15.2. The molecule has 1 aromatic heterocycles. The van der Waals surface area contributed by atoms with E-state index in [9.17, 15) is 4.79 Å². The summed E-state index contributed by atoms with van der Waals surface area (Å²) in [5.74, 6) is 0. The Kier molecular flexibility index (Phi) is 5.00. The van der Waals surface area contributed by atoms with Crippen LogP contribution >= 0.6 is 0 Å². The van der Waals surface area contributed by atoms with E-state index in [0.717, 1.165) is 6.42 Å². The summed E-state index contributed by atoms with van der Waals surface area (Å²) in [7, 11) is 0. The first-order chi connectivity index (χ1) is 10.1. The molecule has 0 atom stereocenters. The first kappa shape index (κ1) is 15.1. The van der Waals surface area contributed by atoms with E-state index in [1.54, 1.807) is 18.2 Å². The first-order valence-corrected chi connectivity index (χ1v) is 6.98. The van der Waals surface area contributed by atoms with E-state index >= 15 is 0 Å². The lowest BCUT2D eigenvalue weighted by Gasteiger charge is -2.06. The number of hydrogen-bond acceptors (Lipinski definition) is 5. The molecule has 2 rings (SSSR count). The summed E-state index contributed by atoms with van der Waals surface area (Å²) in [6.07, 6.45) is 3.04. The van der Waals surface area contributed by atoms with Gasteiger partial charge in [0, 0.05) is 24.3 Å². The Morgan fingerprint density at radius 2 is 2.14 bits per heavy atom.